The Hall–Kier alpha value is -1.89. The molecule has 7 heteroatoms. The van der Waals surface area contributed by atoms with Gasteiger partial charge >= 0.3 is 5.97 Å². The van der Waals surface area contributed by atoms with E-state index in [2.05, 4.69) is 0 Å². The molecule has 0 spiro atoms. The molecule has 1 aromatic rings. The summed E-state index contributed by atoms with van der Waals surface area (Å²) in [6, 6.07) is 5.44. The highest BCUT2D eigenvalue weighted by atomic mass is 32.2. The van der Waals surface area contributed by atoms with Crippen molar-refractivity contribution in [1.82, 2.24) is 4.90 Å². The second-order valence-electron chi connectivity index (χ2n) is 4.57. The van der Waals surface area contributed by atoms with E-state index in [0.29, 0.717) is 17.3 Å². The molecule has 0 aromatic heterocycles. The van der Waals surface area contributed by atoms with Crippen molar-refractivity contribution in [3.05, 3.63) is 23.8 Å². The first kappa shape index (κ1) is 16.5. The summed E-state index contributed by atoms with van der Waals surface area (Å²) >= 11 is 1.44. The van der Waals surface area contributed by atoms with Crippen LogP contribution in [0.4, 0.5) is 0 Å². The lowest BCUT2D eigenvalue weighted by Gasteiger charge is -2.26. The van der Waals surface area contributed by atoms with Gasteiger partial charge in [0.25, 0.3) is 0 Å². The highest BCUT2D eigenvalue weighted by Gasteiger charge is 2.37. The molecule has 22 heavy (non-hydrogen) atoms. The maximum absolute atomic E-state index is 12.1. The van der Waals surface area contributed by atoms with Gasteiger partial charge in [0.1, 0.15) is 23.4 Å². The molecule has 1 unspecified atom stereocenters. The largest absolute Gasteiger partial charge is 0.496 e. The third kappa shape index (κ3) is 3.30. The summed E-state index contributed by atoms with van der Waals surface area (Å²) in [6.45, 7) is 1.95. The topological polar surface area (TPSA) is 65.1 Å². The number of ether oxygens (including phenoxy) is 3. The molecule has 0 bridgehead atoms. The van der Waals surface area contributed by atoms with Gasteiger partial charge in [0.05, 0.1) is 32.1 Å². The minimum atomic E-state index is -0.419. The van der Waals surface area contributed by atoms with Crippen LogP contribution in [-0.2, 0) is 14.3 Å². The number of hydrogen-bond donors (Lipinski definition) is 0. The Labute approximate surface area is 133 Å². The molecule has 0 saturated carbocycles. The zero-order chi connectivity index (χ0) is 16.1. The Kier molecular flexibility index (Phi) is 5.54. The fourth-order valence-electron chi connectivity index (χ4n) is 2.33. The predicted molar refractivity (Wildman–Crippen MR) is 83.1 cm³/mol. The minimum absolute atomic E-state index is 0.0778. The third-order valence-corrected chi connectivity index (χ3v) is 4.51. The van der Waals surface area contributed by atoms with Crippen molar-refractivity contribution in [2.45, 2.75) is 12.3 Å². The summed E-state index contributed by atoms with van der Waals surface area (Å²) in [6.07, 6.45) is 0. The van der Waals surface area contributed by atoms with Crippen LogP contribution >= 0.6 is 11.8 Å². The minimum Gasteiger partial charge on any atom is -0.496 e. The molecule has 6 nitrogen and oxygen atoms in total. The van der Waals surface area contributed by atoms with Crippen molar-refractivity contribution in [1.29, 1.82) is 0 Å². The number of thioether (sulfide) groups is 1. The van der Waals surface area contributed by atoms with Gasteiger partial charge in [-0.3, -0.25) is 9.59 Å². The van der Waals surface area contributed by atoms with Crippen molar-refractivity contribution >= 4 is 23.6 Å². The highest BCUT2D eigenvalue weighted by Crippen LogP contribution is 2.46. The zero-order valence-electron chi connectivity index (χ0n) is 12.8. The van der Waals surface area contributed by atoms with E-state index in [4.69, 9.17) is 14.2 Å². The summed E-state index contributed by atoms with van der Waals surface area (Å²) in [5, 5.41) is -0.331. The van der Waals surface area contributed by atoms with Crippen LogP contribution in [0.2, 0.25) is 0 Å². The SMILES string of the molecule is CCOC(=O)CN1C(=O)CSC1c1c(OC)cccc1OC. The van der Waals surface area contributed by atoms with Gasteiger partial charge in [-0.25, -0.2) is 0 Å². The molecular formula is C15H19NO5S. The number of benzene rings is 1. The second-order valence-corrected chi connectivity index (χ2v) is 5.63. The number of carbonyl (C=O) groups is 2. The number of methoxy groups -OCH3 is 2. The second kappa shape index (κ2) is 7.40. The molecule has 2 rings (SSSR count). The quantitative estimate of drug-likeness (QED) is 0.744. The number of hydrogen-bond acceptors (Lipinski definition) is 6. The molecule has 1 atom stereocenters. The van der Waals surface area contributed by atoms with Gasteiger partial charge in [0, 0.05) is 0 Å². The van der Waals surface area contributed by atoms with E-state index in [9.17, 15) is 9.59 Å². The highest BCUT2D eigenvalue weighted by molar-refractivity contribution is 8.00. The maximum atomic E-state index is 12.1. The molecule has 1 fully saturated rings. The van der Waals surface area contributed by atoms with E-state index in [1.54, 1.807) is 21.1 Å². The summed E-state index contributed by atoms with van der Waals surface area (Å²) in [4.78, 5) is 25.4. The average Bonchev–Trinajstić information content (AvgIpc) is 2.87. The maximum Gasteiger partial charge on any atom is 0.325 e. The lowest BCUT2D eigenvalue weighted by Crippen LogP contribution is -2.34. The fraction of sp³-hybridized carbons (Fsp3) is 0.467. The molecule has 1 aliphatic heterocycles. The first-order valence-electron chi connectivity index (χ1n) is 6.90. The van der Waals surface area contributed by atoms with Crippen molar-refractivity contribution in [3.63, 3.8) is 0 Å². The van der Waals surface area contributed by atoms with E-state index >= 15 is 0 Å². The van der Waals surface area contributed by atoms with Gasteiger partial charge in [-0.2, -0.15) is 0 Å². The molecule has 1 saturated heterocycles. The summed E-state index contributed by atoms with van der Waals surface area (Å²) < 4.78 is 15.7. The van der Waals surface area contributed by atoms with Gasteiger partial charge in [-0.1, -0.05) is 6.07 Å². The Morgan fingerprint density at radius 3 is 2.50 bits per heavy atom. The number of nitrogens with zero attached hydrogens (tertiary/aromatic N) is 1. The third-order valence-electron chi connectivity index (χ3n) is 3.29. The molecule has 1 aliphatic rings. The normalized spacial score (nSPS) is 17.5. The number of rotatable bonds is 6. The molecule has 0 aliphatic carbocycles. The van der Waals surface area contributed by atoms with Crippen LogP contribution in [0.15, 0.2) is 18.2 Å². The molecule has 1 heterocycles. The Balaban J connectivity index is 2.34. The monoisotopic (exact) mass is 325 g/mol. The fourth-order valence-corrected chi connectivity index (χ4v) is 3.57. The molecular weight excluding hydrogens is 306 g/mol. The lowest BCUT2D eigenvalue weighted by atomic mass is 10.1. The van der Waals surface area contributed by atoms with E-state index in [1.807, 2.05) is 18.2 Å². The van der Waals surface area contributed by atoms with Crippen molar-refractivity contribution < 1.29 is 23.8 Å². The number of carbonyl (C=O) groups excluding carboxylic acids is 2. The Morgan fingerprint density at radius 2 is 1.95 bits per heavy atom. The molecule has 1 aromatic carbocycles. The van der Waals surface area contributed by atoms with Gasteiger partial charge in [-0.15, -0.1) is 11.8 Å². The van der Waals surface area contributed by atoms with Crippen LogP contribution in [-0.4, -0.2) is 49.9 Å². The van der Waals surface area contributed by atoms with Crippen LogP contribution in [0.25, 0.3) is 0 Å². The zero-order valence-corrected chi connectivity index (χ0v) is 13.6. The first-order valence-corrected chi connectivity index (χ1v) is 7.94. The van der Waals surface area contributed by atoms with Crippen LogP contribution in [0.5, 0.6) is 11.5 Å². The van der Waals surface area contributed by atoms with Crippen LogP contribution in [0.1, 0.15) is 17.9 Å². The number of esters is 1. The van der Waals surface area contributed by atoms with Crippen LogP contribution < -0.4 is 9.47 Å². The Morgan fingerprint density at radius 1 is 1.32 bits per heavy atom. The van der Waals surface area contributed by atoms with E-state index in [1.165, 1.54) is 16.7 Å². The molecule has 0 N–H and O–H groups in total. The van der Waals surface area contributed by atoms with Gasteiger partial charge in [0.15, 0.2) is 0 Å². The van der Waals surface area contributed by atoms with Gasteiger partial charge < -0.3 is 19.1 Å². The van der Waals surface area contributed by atoms with E-state index in [-0.39, 0.29) is 24.4 Å². The van der Waals surface area contributed by atoms with Crippen LogP contribution in [0.3, 0.4) is 0 Å². The van der Waals surface area contributed by atoms with Crippen molar-refractivity contribution in [3.8, 4) is 11.5 Å². The standard InChI is InChI=1S/C15H19NO5S/c1-4-21-13(18)8-16-12(17)9-22-15(16)14-10(19-2)6-5-7-11(14)20-3/h5-7,15H,4,8-9H2,1-3H3. The molecule has 0 radical (unpaired) electrons. The number of amides is 1. The first-order chi connectivity index (χ1) is 10.6. The Bertz CT molecular complexity index is 541. The summed E-state index contributed by atoms with van der Waals surface area (Å²) in [7, 11) is 3.13. The summed E-state index contributed by atoms with van der Waals surface area (Å²) in [5.41, 5.74) is 0.757. The lowest BCUT2D eigenvalue weighted by molar-refractivity contribution is -0.148. The molecule has 120 valence electrons. The smallest absolute Gasteiger partial charge is 0.325 e. The average molecular weight is 325 g/mol. The molecule has 1 amide bonds. The van der Waals surface area contributed by atoms with Gasteiger partial charge in [0.2, 0.25) is 5.91 Å². The van der Waals surface area contributed by atoms with Crippen LogP contribution in [0, 0.1) is 0 Å². The van der Waals surface area contributed by atoms with E-state index < -0.39 is 5.97 Å². The summed E-state index contributed by atoms with van der Waals surface area (Å²) in [5.74, 6) is 1.04. The van der Waals surface area contributed by atoms with Crippen molar-refractivity contribution in [2.24, 2.45) is 0 Å². The predicted octanol–water partition coefficient (Wildman–Crippen LogP) is 1.84. The van der Waals surface area contributed by atoms with Crippen molar-refractivity contribution in [2.75, 3.05) is 33.1 Å². The van der Waals surface area contributed by atoms with Gasteiger partial charge in [-0.05, 0) is 19.1 Å². The van der Waals surface area contributed by atoms with E-state index in [0.717, 1.165) is 5.56 Å².